The van der Waals surface area contributed by atoms with Crippen LogP contribution >= 0.6 is 0 Å². The Morgan fingerprint density at radius 2 is 2.17 bits per heavy atom. The topological polar surface area (TPSA) is 58.2 Å². The minimum Gasteiger partial charge on any atom is -0.348 e. The molecular weight excluding hydrogens is 228 g/mol. The number of nitrogens with one attached hydrogen (secondary N) is 2. The molecule has 2 N–H and O–H groups in total. The molecule has 0 bridgehead atoms. The first-order valence-corrected chi connectivity index (χ1v) is 5.99. The van der Waals surface area contributed by atoms with Gasteiger partial charge in [-0.15, -0.1) is 0 Å². The lowest BCUT2D eigenvalue weighted by atomic mass is 10.2. The van der Waals surface area contributed by atoms with Crippen LogP contribution in [-0.2, 0) is 16.1 Å². The highest BCUT2D eigenvalue weighted by Crippen LogP contribution is 2.30. The summed E-state index contributed by atoms with van der Waals surface area (Å²) in [6.07, 6.45) is 3.21. The molecule has 0 unspecified atom stereocenters. The Balaban J connectivity index is 1.93. The van der Waals surface area contributed by atoms with Gasteiger partial charge in [0, 0.05) is 18.2 Å². The van der Waals surface area contributed by atoms with Crippen molar-refractivity contribution in [3.63, 3.8) is 0 Å². The second-order valence-electron chi connectivity index (χ2n) is 4.39. The molecule has 94 valence electrons. The Labute approximate surface area is 106 Å². The molecule has 2 amide bonds. The molecule has 4 heteroatoms. The van der Waals surface area contributed by atoms with Crippen LogP contribution in [0.1, 0.15) is 18.4 Å². The number of benzene rings is 1. The number of carbonyl (C=O) groups excluding carboxylic acids is 2. The third kappa shape index (κ3) is 3.45. The lowest BCUT2D eigenvalue weighted by Crippen LogP contribution is -2.20. The molecule has 18 heavy (non-hydrogen) atoms. The second kappa shape index (κ2) is 5.49. The Kier molecular flexibility index (Phi) is 3.77. The van der Waals surface area contributed by atoms with Gasteiger partial charge in [-0.25, -0.2) is 0 Å². The van der Waals surface area contributed by atoms with Gasteiger partial charge < -0.3 is 10.6 Å². The third-order valence-electron chi connectivity index (χ3n) is 2.79. The summed E-state index contributed by atoms with van der Waals surface area (Å²) in [7, 11) is 0. The van der Waals surface area contributed by atoms with E-state index in [4.69, 9.17) is 0 Å². The van der Waals surface area contributed by atoms with Crippen molar-refractivity contribution in [3.8, 4) is 0 Å². The number of amides is 2. The molecule has 0 saturated heterocycles. The van der Waals surface area contributed by atoms with Gasteiger partial charge in [-0.3, -0.25) is 9.59 Å². The molecule has 0 aliphatic heterocycles. The second-order valence-corrected chi connectivity index (χ2v) is 4.39. The van der Waals surface area contributed by atoms with E-state index >= 15 is 0 Å². The maximum absolute atomic E-state index is 11.6. The first kappa shape index (κ1) is 12.4. The Bertz CT molecular complexity index is 478. The molecule has 1 aromatic carbocycles. The van der Waals surface area contributed by atoms with E-state index in [0.717, 1.165) is 24.1 Å². The van der Waals surface area contributed by atoms with E-state index < -0.39 is 0 Å². The molecule has 0 aromatic heterocycles. The summed E-state index contributed by atoms with van der Waals surface area (Å²) in [6, 6.07) is 7.47. The lowest BCUT2D eigenvalue weighted by molar-refractivity contribution is -0.117. The average Bonchev–Trinajstić information content (AvgIpc) is 3.20. The maximum Gasteiger partial charge on any atom is 0.243 e. The number of rotatable bonds is 5. The van der Waals surface area contributed by atoms with Gasteiger partial charge in [0.2, 0.25) is 11.8 Å². The van der Waals surface area contributed by atoms with Crippen LogP contribution < -0.4 is 10.6 Å². The van der Waals surface area contributed by atoms with E-state index in [1.165, 1.54) is 6.08 Å². The Hall–Kier alpha value is -2.10. The summed E-state index contributed by atoms with van der Waals surface area (Å²) in [5, 5.41) is 5.57. The molecule has 0 atom stereocenters. The van der Waals surface area contributed by atoms with Crippen molar-refractivity contribution in [3.05, 3.63) is 42.5 Å². The van der Waals surface area contributed by atoms with Crippen LogP contribution in [0.25, 0.3) is 0 Å². The van der Waals surface area contributed by atoms with Crippen LogP contribution in [0.3, 0.4) is 0 Å². The van der Waals surface area contributed by atoms with E-state index in [9.17, 15) is 9.59 Å². The molecule has 1 aliphatic carbocycles. The number of hydrogen-bond acceptors (Lipinski definition) is 2. The predicted molar refractivity (Wildman–Crippen MR) is 69.8 cm³/mol. The van der Waals surface area contributed by atoms with Gasteiger partial charge in [0.25, 0.3) is 0 Å². The first-order valence-electron chi connectivity index (χ1n) is 5.99. The van der Waals surface area contributed by atoms with Gasteiger partial charge in [-0.05, 0) is 36.6 Å². The van der Waals surface area contributed by atoms with Gasteiger partial charge in [-0.2, -0.15) is 0 Å². The van der Waals surface area contributed by atoms with Crippen molar-refractivity contribution < 1.29 is 9.59 Å². The van der Waals surface area contributed by atoms with Gasteiger partial charge in [0.05, 0.1) is 0 Å². The first-order chi connectivity index (χ1) is 8.69. The summed E-state index contributed by atoms with van der Waals surface area (Å²) >= 11 is 0. The largest absolute Gasteiger partial charge is 0.348 e. The number of hydrogen-bond donors (Lipinski definition) is 2. The average molecular weight is 244 g/mol. The highest BCUT2D eigenvalue weighted by Gasteiger charge is 2.29. The van der Waals surface area contributed by atoms with E-state index in [2.05, 4.69) is 17.2 Å². The molecule has 0 heterocycles. The monoisotopic (exact) mass is 244 g/mol. The number of anilines is 1. The highest BCUT2D eigenvalue weighted by molar-refractivity contribution is 5.94. The van der Waals surface area contributed by atoms with Gasteiger partial charge in [0.15, 0.2) is 0 Å². The van der Waals surface area contributed by atoms with Gasteiger partial charge in [-0.1, -0.05) is 18.7 Å². The SMILES string of the molecule is C=CC(=O)NCc1cccc(NC(=O)C2CC2)c1. The molecule has 0 radical (unpaired) electrons. The van der Waals surface area contributed by atoms with Crippen LogP contribution in [0.5, 0.6) is 0 Å². The van der Waals surface area contributed by atoms with Crippen LogP contribution in [0.2, 0.25) is 0 Å². The molecular formula is C14H16N2O2. The van der Waals surface area contributed by atoms with Crippen LogP contribution in [0, 0.1) is 5.92 Å². The molecule has 1 fully saturated rings. The Morgan fingerprint density at radius 1 is 1.39 bits per heavy atom. The minimum atomic E-state index is -0.206. The van der Waals surface area contributed by atoms with Crippen molar-refractivity contribution in [2.24, 2.45) is 5.92 Å². The van der Waals surface area contributed by atoms with E-state index in [1.54, 1.807) is 0 Å². The van der Waals surface area contributed by atoms with E-state index in [0.29, 0.717) is 6.54 Å². The fourth-order valence-electron chi connectivity index (χ4n) is 1.61. The minimum absolute atomic E-state index is 0.0854. The summed E-state index contributed by atoms with van der Waals surface area (Å²) in [6.45, 7) is 3.82. The fraction of sp³-hybridized carbons (Fsp3) is 0.286. The van der Waals surface area contributed by atoms with Crippen LogP contribution in [-0.4, -0.2) is 11.8 Å². The zero-order chi connectivity index (χ0) is 13.0. The zero-order valence-corrected chi connectivity index (χ0v) is 10.1. The fourth-order valence-corrected chi connectivity index (χ4v) is 1.61. The van der Waals surface area contributed by atoms with Crippen molar-refractivity contribution in [1.82, 2.24) is 5.32 Å². The van der Waals surface area contributed by atoms with Crippen molar-refractivity contribution in [2.45, 2.75) is 19.4 Å². The van der Waals surface area contributed by atoms with E-state index in [1.807, 2.05) is 24.3 Å². The van der Waals surface area contributed by atoms with Crippen LogP contribution in [0.4, 0.5) is 5.69 Å². The molecule has 4 nitrogen and oxygen atoms in total. The quantitative estimate of drug-likeness (QED) is 0.776. The van der Waals surface area contributed by atoms with Crippen molar-refractivity contribution in [1.29, 1.82) is 0 Å². The normalized spacial score (nSPS) is 13.8. The Morgan fingerprint density at radius 3 is 2.83 bits per heavy atom. The molecule has 1 aliphatic rings. The smallest absolute Gasteiger partial charge is 0.243 e. The third-order valence-corrected chi connectivity index (χ3v) is 2.79. The summed E-state index contributed by atoms with van der Waals surface area (Å²) < 4.78 is 0. The van der Waals surface area contributed by atoms with E-state index in [-0.39, 0.29) is 17.7 Å². The van der Waals surface area contributed by atoms with Crippen molar-refractivity contribution in [2.75, 3.05) is 5.32 Å². The maximum atomic E-state index is 11.6. The molecule has 2 rings (SSSR count). The molecule has 1 aromatic rings. The zero-order valence-electron chi connectivity index (χ0n) is 10.1. The molecule has 0 spiro atoms. The standard InChI is InChI=1S/C14H16N2O2/c1-2-13(17)15-9-10-4-3-5-12(8-10)16-14(18)11-6-7-11/h2-5,8,11H,1,6-7,9H2,(H,15,17)(H,16,18). The lowest BCUT2D eigenvalue weighted by Gasteiger charge is -2.07. The highest BCUT2D eigenvalue weighted by atomic mass is 16.2. The predicted octanol–water partition coefficient (Wildman–Crippen LogP) is 1.84. The summed E-state index contributed by atoms with van der Waals surface area (Å²) in [5.41, 5.74) is 1.72. The van der Waals surface area contributed by atoms with Gasteiger partial charge >= 0.3 is 0 Å². The van der Waals surface area contributed by atoms with Gasteiger partial charge in [0.1, 0.15) is 0 Å². The summed E-state index contributed by atoms with van der Waals surface area (Å²) in [5.74, 6) is 0.0684. The van der Waals surface area contributed by atoms with Crippen molar-refractivity contribution >= 4 is 17.5 Å². The molecule has 1 saturated carbocycles. The summed E-state index contributed by atoms with van der Waals surface area (Å²) in [4.78, 5) is 22.7. The van der Waals surface area contributed by atoms with Crippen LogP contribution in [0.15, 0.2) is 36.9 Å². The number of carbonyl (C=O) groups is 2.